The van der Waals surface area contributed by atoms with Gasteiger partial charge in [0, 0.05) is 0 Å². The molecule has 2 heterocycles. The first-order valence-corrected chi connectivity index (χ1v) is 9.94. The second-order valence-electron chi connectivity index (χ2n) is 4.63. The minimum atomic E-state index is -0.172. The molecule has 0 bridgehead atoms. The molecule has 0 aliphatic carbocycles. The summed E-state index contributed by atoms with van der Waals surface area (Å²) in [6, 6.07) is 16.0. The molecule has 112 valence electrons. The van der Waals surface area contributed by atoms with E-state index in [-0.39, 0.29) is 30.6 Å². The van der Waals surface area contributed by atoms with Gasteiger partial charge in [-0.2, -0.15) is 0 Å². The fourth-order valence-electron chi connectivity index (χ4n) is 2.17. The molecule has 0 amide bonds. The number of aromatic nitrogens is 4. The van der Waals surface area contributed by atoms with E-state index in [1.165, 1.54) is 0 Å². The number of hydrogen-bond donors (Lipinski definition) is 0. The summed E-state index contributed by atoms with van der Waals surface area (Å²) in [7, 11) is 0. The molecular weight excluding hydrogens is 422 g/mol. The standard InChI is InChI=1S/C16H10N4OSe2/c1-3-7-13-11(5-1)15(19-9-17-13)22-21-23-16-12-6-2-4-8-14(12)18-10-20-16/h1-10H. The van der Waals surface area contributed by atoms with Crippen molar-refractivity contribution in [3.05, 3.63) is 61.2 Å². The first-order valence-electron chi connectivity index (χ1n) is 6.82. The first kappa shape index (κ1) is 14.7. The second kappa shape index (κ2) is 6.70. The topological polar surface area (TPSA) is 60.8 Å². The van der Waals surface area contributed by atoms with Gasteiger partial charge in [0.05, 0.1) is 0 Å². The Kier molecular flexibility index (Phi) is 4.28. The first-order chi connectivity index (χ1) is 11.4. The van der Waals surface area contributed by atoms with Gasteiger partial charge in [0.25, 0.3) is 0 Å². The molecule has 4 aromatic rings. The average molecular weight is 432 g/mol. The van der Waals surface area contributed by atoms with Crippen LogP contribution in [0.5, 0.6) is 0 Å². The predicted molar refractivity (Wildman–Crippen MR) is 90.9 cm³/mol. The van der Waals surface area contributed by atoms with E-state index in [4.69, 9.17) is 2.90 Å². The number of benzene rings is 2. The van der Waals surface area contributed by atoms with Crippen LogP contribution in [0.15, 0.2) is 61.2 Å². The molecule has 23 heavy (non-hydrogen) atoms. The molecule has 0 unspecified atom stereocenters. The third-order valence-corrected chi connectivity index (χ3v) is 7.04. The van der Waals surface area contributed by atoms with Crippen LogP contribution >= 0.6 is 0 Å². The van der Waals surface area contributed by atoms with Crippen LogP contribution in [0.4, 0.5) is 0 Å². The van der Waals surface area contributed by atoms with E-state index < -0.39 is 0 Å². The summed E-state index contributed by atoms with van der Waals surface area (Å²) in [4.78, 5) is 17.3. The quantitative estimate of drug-likeness (QED) is 0.447. The van der Waals surface area contributed by atoms with Crippen LogP contribution in [0.3, 0.4) is 0 Å². The van der Waals surface area contributed by atoms with E-state index in [1.54, 1.807) is 12.7 Å². The van der Waals surface area contributed by atoms with E-state index in [1.807, 2.05) is 48.5 Å². The van der Waals surface area contributed by atoms with Crippen LogP contribution in [0.2, 0.25) is 0 Å². The third-order valence-electron chi connectivity index (χ3n) is 3.24. The number of nitrogens with zero attached hydrogens (tertiary/aromatic N) is 4. The van der Waals surface area contributed by atoms with E-state index in [2.05, 4.69) is 19.9 Å². The van der Waals surface area contributed by atoms with Crippen molar-refractivity contribution in [2.75, 3.05) is 0 Å². The Morgan fingerprint density at radius 1 is 0.609 bits per heavy atom. The fraction of sp³-hybridized carbons (Fsp3) is 0. The summed E-state index contributed by atoms with van der Waals surface area (Å²) >= 11 is -0.344. The monoisotopic (exact) mass is 434 g/mol. The summed E-state index contributed by atoms with van der Waals surface area (Å²) in [5.41, 5.74) is 1.89. The fourth-order valence-corrected chi connectivity index (χ4v) is 5.77. The minimum absolute atomic E-state index is 0.172. The molecule has 2 aromatic carbocycles. The molecule has 7 heteroatoms. The Bertz CT molecular complexity index is 890. The zero-order valence-corrected chi connectivity index (χ0v) is 15.2. The van der Waals surface area contributed by atoms with Crippen molar-refractivity contribution in [3.63, 3.8) is 0 Å². The Morgan fingerprint density at radius 3 is 1.61 bits per heavy atom. The molecule has 2 aromatic heterocycles. The van der Waals surface area contributed by atoms with Gasteiger partial charge < -0.3 is 0 Å². The molecule has 0 aliphatic rings. The van der Waals surface area contributed by atoms with Gasteiger partial charge in [-0.3, -0.25) is 0 Å². The van der Waals surface area contributed by atoms with E-state index >= 15 is 0 Å². The molecule has 4 rings (SSSR count). The van der Waals surface area contributed by atoms with E-state index in [0.717, 1.165) is 31.0 Å². The van der Waals surface area contributed by atoms with Crippen molar-refractivity contribution in [3.8, 4) is 0 Å². The molecular formula is C16H10N4OSe2. The van der Waals surface area contributed by atoms with Crippen molar-refractivity contribution in [1.82, 2.24) is 19.9 Å². The Balaban J connectivity index is 1.55. The van der Waals surface area contributed by atoms with Crippen LogP contribution < -0.4 is 9.18 Å². The predicted octanol–water partition coefficient (Wildman–Crippen LogP) is 0.779. The van der Waals surface area contributed by atoms with Gasteiger partial charge >= 0.3 is 146 Å². The van der Waals surface area contributed by atoms with Crippen LogP contribution in [0.1, 0.15) is 0 Å². The van der Waals surface area contributed by atoms with Crippen LogP contribution in [-0.4, -0.2) is 50.5 Å². The van der Waals surface area contributed by atoms with Crippen LogP contribution in [-0.2, 0) is 2.90 Å². The van der Waals surface area contributed by atoms with Gasteiger partial charge in [-0.1, -0.05) is 0 Å². The Labute approximate surface area is 145 Å². The molecule has 0 atom stereocenters. The van der Waals surface area contributed by atoms with Gasteiger partial charge in [0.15, 0.2) is 0 Å². The maximum atomic E-state index is 5.97. The molecule has 0 aliphatic heterocycles. The average Bonchev–Trinajstić information content (AvgIpc) is 2.62. The van der Waals surface area contributed by atoms with Crippen molar-refractivity contribution >= 4 is 61.6 Å². The molecule has 0 spiro atoms. The molecule has 0 radical (unpaired) electrons. The summed E-state index contributed by atoms with van der Waals surface area (Å²) < 4.78 is 7.89. The number of hydrogen-bond acceptors (Lipinski definition) is 5. The number of para-hydroxylation sites is 2. The normalized spacial score (nSPS) is 11.1. The molecule has 0 fully saturated rings. The van der Waals surface area contributed by atoms with Gasteiger partial charge in [0.1, 0.15) is 0 Å². The van der Waals surface area contributed by atoms with Crippen molar-refractivity contribution in [2.45, 2.75) is 0 Å². The molecule has 0 saturated carbocycles. The van der Waals surface area contributed by atoms with Gasteiger partial charge in [-0.15, -0.1) is 0 Å². The summed E-state index contributed by atoms with van der Waals surface area (Å²) in [5.74, 6) is 0. The Hall–Kier alpha value is -1.88. The van der Waals surface area contributed by atoms with Gasteiger partial charge in [-0.25, -0.2) is 0 Å². The molecule has 0 N–H and O–H groups in total. The summed E-state index contributed by atoms with van der Waals surface area (Å²) in [6.45, 7) is 0. The zero-order valence-electron chi connectivity index (χ0n) is 11.8. The van der Waals surface area contributed by atoms with Crippen LogP contribution in [0, 0.1) is 0 Å². The number of fused-ring (bicyclic) bond motifs is 2. The van der Waals surface area contributed by atoms with Crippen molar-refractivity contribution < 1.29 is 2.90 Å². The van der Waals surface area contributed by atoms with Gasteiger partial charge in [-0.05, 0) is 0 Å². The SMILES string of the molecule is c1ccc2c([Se]O[Se]c3ncnc4ccccc34)ncnc2c1. The van der Waals surface area contributed by atoms with E-state index in [9.17, 15) is 0 Å². The zero-order chi connectivity index (χ0) is 15.5. The molecule has 0 saturated heterocycles. The maximum absolute atomic E-state index is 5.97. The molecule has 5 nitrogen and oxygen atoms in total. The number of rotatable bonds is 4. The van der Waals surface area contributed by atoms with Crippen molar-refractivity contribution in [2.24, 2.45) is 0 Å². The van der Waals surface area contributed by atoms with E-state index in [0.29, 0.717) is 0 Å². The van der Waals surface area contributed by atoms with Crippen LogP contribution in [0.25, 0.3) is 21.8 Å². The second-order valence-corrected chi connectivity index (χ2v) is 8.72. The Morgan fingerprint density at radius 2 is 1.09 bits per heavy atom. The van der Waals surface area contributed by atoms with Gasteiger partial charge in [0.2, 0.25) is 0 Å². The van der Waals surface area contributed by atoms with Crippen molar-refractivity contribution in [1.29, 1.82) is 0 Å². The third kappa shape index (κ3) is 3.11. The summed E-state index contributed by atoms with van der Waals surface area (Å²) in [5, 5.41) is 2.11. The summed E-state index contributed by atoms with van der Waals surface area (Å²) in [6.07, 6.45) is 3.19.